The van der Waals surface area contributed by atoms with Crippen molar-refractivity contribution in [2.75, 3.05) is 4.90 Å². The molecule has 0 aliphatic rings. The molecule has 3 aromatic heterocycles. The van der Waals surface area contributed by atoms with Crippen LogP contribution in [-0.2, 0) is 0 Å². The van der Waals surface area contributed by atoms with E-state index in [2.05, 4.69) is 251 Å². The monoisotopic (exact) mass is 833 g/mol. The first-order chi connectivity index (χ1) is 31.7. The third kappa shape index (κ3) is 5.81. The molecule has 0 N–H and O–H groups in total. The number of thiophene rings is 1. The number of rotatable bonds is 7. The first-order valence-electron chi connectivity index (χ1n) is 21.8. The molecule has 3 nitrogen and oxygen atoms in total. The normalized spacial score (nSPS) is 11.8. The summed E-state index contributed by atoms with van der Waals surface area (Å²) in [7, 11) is 0. The van der Waals surface area contributed by atoms with Crippen LogP contribution >= 0.6 is 11.3 Å². The summed E-state index contributed by atoms with van der Waals surface area (Å²) in [5.74, 6) is 0. The van der Waals surface area contributed by atoms with Gasteiger partial charge < -0.3 is 14.0 Å². The molecule has 300 valence electrons. The highest BCUT2D eigenvalue weighted by atomic mass is 32.1. The third-order valence-corrected chi connectivity index (χ3v) is 14.1. The minimum atomic E-state index is 1.10. The van der Waals surface area contributed by atoms with Gasteiger partial charge in [0, 0.05) is 70.2 Å². The second kappa shape index (κ2) is 14.7. The van der Waals surface area contributed by atoms with Crippen molar-refractivity contribution in [2.45, 2.75) is 0 Å². The van der Waals surface area contributed by atoms with Gasteiger partial charge in [-0.3, -0.25) is 0 Å². The Balaban J connectivity index is 0.962. The number of hydrogen-bond acceptors (Lipinski definition) is 2. The zero-order valence-electron chi connectivity index (χ0n) is 34.8. The average molecular weight is 834 g/mol. The number of hydrogen-bond donors (Lipinski definition) is 0. The fraction of sp³-hybridized carbons (Fsp3) is 0. The van der Waals surface area contributed by atoms with E-state index in [1.807, 2.05) is 11.3 Å². The van der Waals surface area contributed by atoms with Crippen LogP contribution in [-0.4, -0.2) is 9.13 Å². The van der Waals surface area contributed by atoms with Crippen LogP contribution in [0, 0.1) is 0 Å². The Morgan fingerprint density at radius 1 is 0.297 bits per heavy atom. The molecule has 13 aromatic rings. The van der Waals surface area contributed by atoms with Crippen molar-refractivity contribution in [2.24, 2.45) is 0 Å². The SMILES string of the molecule is c1ccc(-c2ccc(N(c3ccc(-n4c5ccccc5c5ccc(-c6cccc7c6c6ccccc6n7-c6ccccc6)cc54)cc3)c3ccc4sc5ccccc5c4c3)cc2)cc1. The van der Waals surface area contributed by atoms with E-state index >= 15 is 0 Å². The Kier molecular flexibility index (Phi) is 8.40. The zero-order chi connectivity index (χ0) is 42.1. The lowest BCUT2D eigenvalue weighted by molar-refractivity contribution is 1.17. The predicted molar refractivity (Wildman–Crippen MR) is 274 cm³/mol. The van der Waals surface area contributed by atoms with Gasteiger partial charge in [0.1, 0.15) is 0 Å². The molecule has 3 heterocycles. The summed E-state index contributed by atoms with van der Waals surface area (Å²) in [6.45, 7) is 0. The van der Waals surface area contributed by atoms with Gasteiger partial charge in [0.05, 0.1) is 22.1 Å². The molecule has 0 aliphatic heterocycles. The van der Waals surface area contributed by atoms with Crippen molar-refractivity contribution < 1.29 is 0 Å². The van der Waals surface area contributed by atoms with Crippen LogP contribution < -0.4 is 4.90 Å². The summed E-state index contributed by atoms with van der Waals surface area (Å²) in [5.41, 5.74) is 15.2. The van der Waals surface area contributed by atoms with E-state index in [-0.39, 0.29) is 0 Å². The molecule has 0 unspecified atom stereocenters. The second-order valence-electron chi connectivity index (χ2n) is 16.5. The molecule has 13 rings (SSSR count). The van der Waals surface area contributed by atoms with E-state index in [1.54, 1.807) is 0 Å². The summed E-state index contributed by atoms with van der Waals surface area (Å²) in [6, 6.07) is 86.4. The van der Waals surface area contributed by atoms with E-state index in [0.717, 1.165) is 28.4 Å². The predicted octanol–water partition coefficient (Wildman–Crippen LogP) is 17.1. The Morgan fingerprint density at radius 2 is 0.828 bits per heavy atom. The lowest BCUT2D eigenvalue weighted by atomic mass is 9.98. The highest BCUT2D eigenvalue weighted by Gasteiger charge is 2.20. The van der Waals surface area contributed by atoms with Gasteiger partial charge in [-0.15, -0.1) is 11.3 Å². The van der Waals surface area contributed by atoms with Crippen molar-refractivity contribution >= 4 is 92.2 Å². The van der Waals surface area contributed by atoms with Crippen molar-refractivity contribution in [3.63, 3.8) is 0 Å². The van der Waals surface area contributed by atoms with Gasteiger partial charge in [-0.05, 0) is 119 Å². The van der Waals surface area contributed by atoms with Crippen LogP contribution in [0.1, 0.15) is 0 Å². The Bertz CT molecular complexity index is 3880. The van der Waals surface area contributed by atoms with Gasteiger partial charge in [0.15, 0.2) is 0 Å². The van der Waals surface area contributed by atoms with E-state index in [1.165, 1.54) is 86.0 Å². The molecule has 10 aromatic carbocycles. The van der Waals surface area contributed by atoms with Crippen LogP contribution in [0.3, 0.4) is 0 Å². The molecule has 0 saturated heterocycles. The lowest BCUT2D eigenvalue weighted by Gasteiger charge is -2.26. The quantitative estimate of drug-likeness (QED) is 0.156. The fourth-order valence-electron chi connectivity index (χ4n) is 10.0. The minimum Gasteiger partial charge on any atom is -0.310 e. The van der Waals surface area contributed by atoms with Gasteiger partial charge in [-0.25, -0.2) is 0 Å². The van der Waals surface area contributed by atoms with Crippen LogP contribution in [0.5, 0.6) is 0 Å². The standard InChI is InChI=1S/C60H39N3S/c1-3-14-40(15-4-1)41-26-29-44(30-27-41)61(47-35-37-59-53(39-47)51-19-9-12-25-58(51)64-59)45-31-33-46(34-32-45)63-54-22-10-7-18-49(54)50-36-28-42(38-57(50)63)48-21-13-24-56-60(48)52-20-8-11-23-55(52)62(56)43-16-5-2-6-17-43/h1-39H. The molecule has 0 saturated carbocycles. The maximum absolute atomic E-state index is 2.44. The third-order valence-electron chi connectivity index (χ3n) is 12.9. The first-order valence-corrected chi connectivity index (χ1v) is 22.7. The summed E-state index contributed by atoms with van der Waals surface area (Å²) >= 11 is 1.85. The lowest BCUT2D eigenvalue weighted by Crippen LogP contribution is -2.10. The number of anilines is 3. The summed E-state index contributed by atoms with van der Waals surface area (Å²) in [6.07, 6.45) is 0. The maximum atomic E-state index is 2.44. The van der Waals surface area contributed by atoms with Crippen LogP contribution in [0.2, 0.25) is 0 Å². The molecule has 0 radical (unpaired) electrons. The molecular weight excluding hydrogens is 795 g/mol. The van der Waals surface area contributed by atoms with Gasteiger partial charge in [-0.1, -0.05) is 140 Å². The number of para-hydroxylation sites is 3. The largest absolute Gasteiger partial charge is 0.310 e. The minimum absolute atomic E-state index is 1.10. The van der Waals surface area contributed by atoms with E-state index in [0.29, 0.717) is 0 Å². The number of benzene rings is 10. The van der Waals surface area contributed by atoms with Crippen LogP contribution in [0.25, 0.3) is 97.4 Å². The first kappa shape index (κ1) is 36.5. The Morgan fingerprint density at radius 3 is 1.61 bits per heavy atom. The highest BCUT2D eigenvalue weighted by Crippen LogP contribution is 2.44. The van der Waals surface area contributed by atoms with Crippen LogP contribution in [0.4, 0.5) is 17.1 Å². The topological polar surface area (TPSA) is 13.1 Å². The van der Waals surface area contributed by atoms with Crippen molar-refractivity contribution in [1.82, 2.24) is 9.13 Å². The Labute approximate surface area is 374 Å². The van der Waals surface area contributed by atoms with Crippen molar-refractivity contribution in [3.05, 3.63) is 237 Å². The fourth-order valence-corrected chi connectivity index (χ4v) is 11.1. The molecule has 64 heavy (non-hydrogen) atoms. The van der Waals surface area contributed by atoms with Crippen LogP contribution in [0.15, 0.2) is 237 Å². The molecule has 4 heteroatoms. The molecular formula is C60H39N3S. The summed E-state index contributed by atoms with van der Waals surface area (Å²) in [5, 5.41) is 7.56. The molecule has 0 fully saturated rings. The van der Waals surface area contributed by atoms with E-state index in [9.17, 15) is 0 Å². The average Bonchev–Trinajstić information content (AvgIpc) is 4.02. The second-order valence-corrected chi connectivity index (χ2v) is 17.6. The van der Waals surface area contributed by atoms with Crippen molar-refractivity contribution in [3.8, 4) is 33.6 Å². The van der Waals surface area contributed by atoms with E-state index in [4.69, 9.17) is 0 Å². The number of fused-ring (bicyclic) bond motifs is 9. The van der Waals surface area contributed by atoms with Gasteiger partial charge in [0.2, 0.25) is 0 Å². The molecule has 0 amide bonds. The van der Waals surface area contributed by atoms with Gasteiger partial charge >= 0.3 is 0 Å². The number of aromatic nitrogens is 2. The highest BCUT2D eigenvalue weighted by molar-refractivity contribution is 7.25. The molecule has 0 atom stereocenters. The zero-order valence-corrected chi connectivity index (χ0v) is 35.6. The smallest absolute Gasteiger partial charge is 0.0547 e. The maximum Gasteiger partial charge on any atom is 0.0547 e. The van der Waals surface area contributed by atoms with Gasteiger partial charge in [-0.2, -0.15) is 0 Å². The summed E-state index contributed by atoms with van der Waals surface area (Å²) < 4.78 is 7.44. The van der Waals surface area contributed by atoms with E-state index < -0.39 is 0 Å². The molecule has 0 bridgehead atoms. The summed E-state index contributed by atoms with van der Waals surface area (Å²) in [4.78, 5) is 2.39. The Hall–Kier alpha value is -8.18. The molecule has 0 spiro atoms. The van der Waals surface area contributed by atoms with Gasteiger partial charge in [0.25, 0.3) is 0 Å². The van der Waals surface area contributed by atoms with Crippen molar-refractivity contribution in [1.29, 1.82) is 0 Å². The molecule has 0 aliphatic carbocycles. The number of nitrogens with zero attached hydrogens (tertiary/aromatic N) is 3.